The van der Waals surface area contributed by atoms with Crippen LogP contribution in [0.5, 0.6) is 11.5 Å². The SMILES string of the molecule is COc1ccc2c(c1OC)[C@@H]1[C@@H](c3ccccc3)OCCN1C2=O. The molecule has 5 heteroatoms. The van der Waals surface area contributed by atoms with Crippen molar-refractivity contribution in [1.29, 1.82) is 0 Å². The Labute approximate surface area is 140 Å². The average molecular weight is 325 g/mol. The maximum atomic E-state index is 12.8. The summed E-state index contributed by atoms with van der Waals surface area (Å²) < 4.78 is 17.1. The summed E-state index contributed by atoms with van der Waals surface area (Å²) in [6.45, 7) is 1.10. The van der Waals surface area contributed by atoms with Crippen molar-refractivity contribution in [2.45, 2.75) is 12.1 Å². The monoisotopic (exact) mass is 325 g/mol. The zero-order valence-corrected chi connectivity index (χ0v) is 13.7. The molecule has 1 fully saturated rings. The van der Waals surface area contributed by atoms with Crippen LogP contribution >= 0.6 is 0 Å². The zero-order valence-electron chi connectivity index (χ0n) is 13.7. The molecule has 0 aliphatic carbocycles. The van der Waals surface area contributed by atoms with Crippen LogP contribution in [0, 0.1) is 0 Å². The van der Waals surface area contributed by atoms with E-state index in [0.29, 0.717) is 30.2 Å². The maximum absolute atomic E-state index is 12.8. The first-order chi connectivity index (χ1) is 11.8. The van der Waals surface area contributed by atoms with Gasteiger partial charge in [-0.1, -0.05) is 30.3 Å². The molecule has 2 aromatic rings. The fraction of sp³-hybridized carbons (Fsp3) is 0.316. The lowest BCUT2D eigenvalue weighted by atomic mass is 9.93. The predicted octanol–water partition coefficient (Wildman–Crippen LogP) is 2.97. The molecule has 124 valence electrons. The van der Waals surface area contributed by atoms with E-state index in [1.807, 2.05) is 41.3 Å². The fourth-order valence-corrected chi connectivity index (χ4v) is 3.71. The van der Waals surface area contributed by atoms with E-state index in [-0.39, 0.29) is 18.1 Å². The molecule has 24 heavy (non-hydrogen) atoms. The Morgan fingerprint density at radius 3 is 2.58 bits per heavy atom. The summed E-state index contributed by atoms with van der Waals surface area (Å²) in [5.74, 6) is 1.27. The van der Waals surface area contributed by atoms with Crippen LogP contribution in [0.15, 0.2) is 42.5 Å². The lowest BCUT2D eigenvalue weighted by molar-refractivity contribution is -0.0574. The summed E-state index contributed by atoms with van der Waals surface area (Å²) in [4.78, 5) is 14.7. The predicted molar refractivity (Wildman–Crippen MR) is 88.5 cm³/mol. The van der Waals surface area contributed by atoms with Gasteiger partial charge in [-0.15, -0.1) is 0 Å². The van der Waals surface area contributed by atoms with E-state index in [2.05, 4.69) is 0 Å². The number of morpholine rings is 1. The smallest absolute Gasteiger partial charge is 0.255 e. The van der Waals surface area contributed by atoms with E-state index in [0.717, 1.165) is 11.1 Å². The molecule has 0 spiro atoms. The van der Waals surface area contributed by atoms with Gasteiger partial charge in [0.05, 0.1) is 26.9 Å². The summed E-state index contributed by atoms with van der Waals surface area (Å²) in [6, 6.07) is 13.4. The Morgan fingerprint density at radius 2 is 1.88 bits per heavy atom. The van der Waals surface area contributed by atoms with Gasteiger partial charge in [-0.3, -0.25) is 4.79 Å². The number of carbonyl (C=O) groups excluding carboxylic acids is 1. The Bertz CT molecular complexity index is 774. The zero-order chi connectivity index (χ0) is 16.7. The molecule has 1 saturated heterocycles. The van der Waals surface area contributed by atoms with Crippen molar-refractivity contribution in [2.24, 2.45) is 0 Å². The van der Waals surface area contributed by atoms with E-state index in [9.17, 15) is 4.79 Å². The molecule has 0 unspecified atom stereocenters. The average Bonchev–Trinajstić information content (AvgIpc) is 2.94. The molecule has 1 amide bonds. The fourth-order valence-electron chi connectivity index (χ4n) is 3.71. The number of methoxy groups -OCH3 is 2. The number of amides is 1. The van der Waals surface area contributed by atoms with Gasteiger partial charge in [0.1, 0.15) is 6.10 Å². The lowest BCUT2D eigenvalue weighted by Crippen LogP contribution is -2.40. The van der Waals surface area contributed by atoms with Gasteiger partial charge < -0.3 is 19.1 Å². The molecule has 2 heterocycles. The maximum Gasteiger partial charge on any atom is 0.255 e. The van der Waals surface area contributed by atoms with E-state index < -0.39 is 0 Å². The first-order valence-corrected chi connectivity index (χ1v) is 7.98. The molecule has 2 aliphatic rings. The molecule has 2 aliphatic heterocycles. The number of fused-ring (bicyclic) bond motifs is 3. The Balaban J connectivity index is 1.89. The standard InChI is InChI=1S/C19H19NO4/c1-22-14-9-8-13-15(18(14)23-2)16-17(12-6-4-3-5-7-12)24-11-10-20(16)19(13)21/h3-9,16-17H,10-11H2,1-2H3/t16-,17-/m1/s1. The van der Waals surface area contributed by atoms with Crippen molar-refractivity contribution < 1.29 is 19.0 Å². The highest BCUT2D eigenvalue weighted by atomic mass is 16.5. The van der Waals surface area contributed by atoms with Gasteiger partial charge in [-0.2, -0.15) is 0 Å². The van der Waals surface area contributed by atoms with Crippen molar-refractivity contribution in [3.63, 3.8) is 0 Å². The molecule has 2 atom stereocenters. The largest absolute Gasteiger partial charge is 0.493 e. The van der Waals surface area contributed by atoms with Crippen molar-refractivity contribution in [3.05, 3.63) is 59.2 Å². The number of carbonyl (C=O) groups is 1. The number of nitrogens with zero attached hydrogens (tertiary/aromatic N) is 1. The van der Waals surface area contributed by atoms with Crippen molar-refractivity contribution in [1.82, 2.24) is 4.90 Å². The molecular weight excluding hydrogens is 306 g/mol. The summed E-state index contributed by atoms with van der Waals surface area (Å²) >= 11 is 0. The lowest BCUT2D eigenvalue weighted by Gasteiger charge is -2.37. The van der Waals surface area contributed by atoms with E-state index >= 15 is 0 Å². The van der Waals surface area contributed by atoms with Crippen LogP contribution in [0.25, 0.3) is 0 Å². The van der Waals surface area contributed by atoms with Gasteiger partial charge in [0.15, 0.2) is 11.5 Å². The number of hydrogen-bond acceptors (Lipinski definition) is 4. The van der Waals surface area contributed by atoms with Crippen LogP contribution in [0.4, 0.5) is 0 Å². The summed E-state index contributed by atoms with van der Waals surface area (Å²) in [7, 11) is 3.21. The minimum absolute atomic E-state index is 0.0279. The molecule has 0 saturated carbocycles. The van der Waals surface area contributed by atoms with Crippen LogP contribution < -0.4 is 9.47 Å². The van der Waals surface area contributed by atoms with E-state index in [1.165, 1.54) is 0 Å². The van der Waals surface area contributed by atoms with Gasteiger partial charge in [0.25, 0.3) is 5.91 Å². The van der Waals surface area contributed by atoms with Crippen LogP contribution in [0.3, 0.4) is 0 Å². The second-order valence-electron chi connectivity index (χ2n) is 5.91. The third kappa shape index (κ3) is 2.08. The molecule has 0 N–H and O–H groups in total. The second-order valence-corrected chi connectivity index (χ2v) is 5.91. The van der Waals surface area contributed by atoms with Crippen LogP contribution in [0.1, 0.15) is 33.6 Å². The third-order valence-electron chi connectivity index (χ3n) is 4.75. The van der Waals surface area contributed by atoms with Gasteiger partial charge in [-0.05, 0) is 17.7 Å². The van der Waals surface area contributed by atoms with Crippen LogP contribution in [-0.4, -0.2) is 38.2 Å². The van der Waals surface area contributed by atoms with Gasteiger partial charge in [0.2, 0.25) is 0 Å². The van der Waals surface area contributed by atoms with E-state index in [4.69, 9.17) is 14.2 Å². The number of rotatable bonds is 3. The molecule has 4 rings (SSSR count). The third-order valence-corrected chi connectivity index (χ3v) is 4.75. The molecule has 0 bridgehead atoms. The second kappa shape index (κ2) is 5.83. The van der Waals surface area contributed by atoms with Crippen molar-refractivity contribution >= 4 is 5.91 Å². The highest BCUT2D eigenvalue weighted by Crippen LogP contribution is 2.51. The summed E-state index contributed by atoms with van der Waals surface area (Å²) in [6.07, 6.45) is -0.217. The van der Waals surface area contributed by atoms with Gasteiger partial charge in [-0.25, -0.2) is 0 Å². The quantitative estimate of drug-likeness (QED) is 0.870. The Kier molecular flexibility index (Phi) is 3.65. The van der Waals surface area contributed by atoms with Crippen molar-refractivity contribution in [2.75, 3.05) is 27.4 Å². The highest BCUT2D eigenvalue weighted by Gasteiger charge is 2.47. The van der Waals surface area contributed by atoms with E-state index in [1.54, 1.807) is 20.3 Å². The number of hydrogen-bond donors (Lipinski definition) is 0. The Hall–Kier alpha value is -2.53. The number of benzene rings is 2. The minimum atomic E-state index is -0.217. The first kappa shape index (κ1) is 15.0. The van der Waals surface area contributed by atoms with Crippen LogP contribution in [-0.2, 0) is 4.74 Å². The highest BCUT2D eigenvalue weighted by molar-refractivity contribution is 6.00. The molecule has 5 nitrogen and oxygen atoms in total. The number of ether oxygens (including phenoxy) is 3. The molecule has 0 aromatic heterocycles. The summed E-state index contributed by atoms with van der Waals surface area (Å²) in [5, 5.41) is 0. The van der Waals surface area contributed by atoms with Gasteiger partial charge in [0, 0.05) is 17.7 Å². The summed E-state index contributed by atoms with van der Waals surface area (Å²) in [5.41, 5.74) is 2.58. The first-order valence-electron chi connectivity index (χ1n) is 7.98. The molecule has 2 aromatic carbocycles. The molecular formula is C19H19NO4. The topological polar surface area (TPSA) is 48.0 Å². The van der Waals surface area contributed by atoms with Crippen LogP contribution in [0.2, 0.25) is 0 Å². The van der Waals surface area contributed by atoms with Crippen molar-refractivity contribution in [3.8, 4) is 11.5 Å². The minimum Gasteiger partial charge on any atom is -0.493 e. The van der Waals surface area contributed by atoms with Gasteiger partial charge >= 0.3 is 0 Å². The Morgan fingerprint density at radius 1 is 1.08 bits per heavy atom. The normalized spacial score (nSPS) is 22.1. The molecule has 0 radical (unpaired) electrons.